The Kier molecular flexibility index (Phi) is 4.07. The van der Waals surface area contributed by atoms with E-state index in [9.17, 15) is 13.5 Å². The molecule has 108 valence electrons. The van der Waals surface area contributed by atoms with E-state index in [1.807, 2.05) is 0 Å². The predicted octanol–water partition coefficient (Wildman–Crippen LogP) is 2.15. The fourth-order valence-electron chi connectivity index (χ4n) is 1.61. The van der Waals surface area contributed by atoms with Gasteiger partial charge >= 0.3 is 0 Å². The monoisotopic (exact) mass is 360 g/mol. The molecule has 0 unspecified atom stereocenters. The average molecular weight is 361 g/mol. The molecule has 0 aliphatic rings. The molecule has 0 amide bonds. The number of sulfonamides is 1. The molecular weight excluding hydrogens is 348 g/mol. The number of nitrogens with zero attached hydrogens (tertiary/aromatic N) is 1. The lowest BCUT2D eigenvalue weighted by Gasteiger charge is -2.16. The standard InChI is InChI=1S/C12H13BrN2O4S/c1-15(7-8-2-5-12(13)19-8)20(17,18)9-3-4-11(16)10(14)6-9/h2-6,16H,7,14H2,1H3. The molecule has 0 aliphatic heterocycles. The average Bonchev–Trinajstić information content (AvgIpc) is 2.78. The van der Waals surface area contributed by atoms with E-state index in [1.54, 1.807) is 12.1 Å². The fourth-order valence-corrected chi connectivity index (χ4v) is 3.13. The van der Waals surface area contributed by atoms with E-state index in [-0.39, 0.29) is 22.9 Å². The van der Waals surface area contributed by atoms with Crippen LogP contribution in [0.2, 0.25) is 0 Å². The summed E-state index contributed by atoms with van der Waals surface area (Å²) < 4.78 is 31.6. The number of benzene rings is 1. The van der Waals surface area contributed by atoms with E-state index < -0.39 is 10.0 Å². The highest BCUT2D eigenvalue weighted by atomic mass is 79.9. The number of phenolic OH excluding ortho intramolecular Hbond substituents is 1. The first-order valence-electron chi connectivity index (χ1n) is 5.60. The third kappa shape index (κ3) is 2.97. The number of aromatic hydroxyl groups is 1. The summed E-state index contributed by atoms with van der Waals surface area (Å²) in [6, 6.07) is 7.14. The molecule has 1 heterocycles. The molecule has 8 heteroatoms. The van der Waals surface area contributed by atoms with Gasteiger partial charge in [0, 0.05) is 7.05 Å². The molecule has 0 atom stereocenters. The Morgan fingerprint density at radius 1 is 1.35 bits per heavy atom. The van der Waals surface area contributed by atoms with E-state index in [0.29, 0.717) is 10.4 Å². The number of hydrogen-bond donors (Lipinski definition) is 2. The molecule has 0 bridgehead atoms. The van der Waals surface area contributed by atoms with Gasteiger partial charge in [-0.05, 0) is 46.3 Å². The van der Waals surface area contributed by atoms with Gasteiger partial charge in [-0.1, -0.05) is 0 Å². The second-order valence-corrected chi connectivity index (χ2v) is 7.01. The van der Waals surface area contributed by atoms with Gasteiger partial charge in [0.05, 0.1) is 17.1 Å². The van der Waals surface area contributed by atoms with Gasteiger partial charge in [0.25, 0.3) is 0 Å². The maximum absolute atomic E-state index is 12.3. The highest BCUT2D eigenvalue weighted by molar-refractivity contribution is 9.10. The van der Waals surface area contributed by atoms with Crippen LogP contribution in [0.4, 0.5) is 5.69 Å². The molecule has 2 aromatic rings. The van der Waals surface area contributed by atoms with Gasteiger partial charge in [-0.3, -0.25) is 0 Å². The minimum absolute atomic E-state index is 0.0141. The molecule has 0 saturated heterocycles. The molecule has 0 saturated carbocycles. The molecule has 0 aliphatic carbocycles. The van der Waals surface area contributed by atoms with Gasteiger partial charge in [-0.2, -0.15) is 4.31 Å². The summed E-state index contributed by atoms with van der Waals surface area (Å²) in [5, 5.41) is 9.33. The van der Waals surface area contributed by atoms with Crippen molar-refractivity contribution in [3.63, 3.8) is 0 Å². The van der Waals surface area contributed by atoms with E-state index in [4.69, 9.17) is 10.2 Å². The van der Waals surface area contributed by atoms with Crippen molar-refractivity contribution in [1.29, 1.82) is 0 Å². The largest absolute Gasteiger partial charge is 0.506 e. The van der Waals surface area contributed by atoms with Crippen molar-refractivity contribution in [3.8, 4) is 5.75 Å². The molecule has 0 spiro atoms. The maximum Gasteiger partial charge on any atom is 0.243 e. The first kappa shape index (κ1) is 14.9. The van der Waals surface area contributed by atoms with Gasteiger partial charge < -0.3 is 15.3 Å². The molecular formula is C12H13BrN2O4S. The summed E-state index contributed by atoms with van der Waals surface area (Å²) in [6.45, 7) is 0.0920. The number of rotatable bonds is 4. The van der Waals surface area contributed by atoms with Crippen LogP contribution in [0.25, 0.3) is 0 Å². The van der Waals surface area contributed by atoms with Crippen LogP contribution in [0.3, 0.4) is 0 Å². The molecule has 0 fully saturated rings. The van der Waals surface area contributed by atoms with Crippen LogP contribution >= 0.6 is 15.9 Å². The van der Waals surface area contributed by atoms with Crippen LogP contribution in [0.1, 0.15) is 5.76 Å². The van der Waals surface area contributed by atoms with Crippen LogP contribution in [0.15, 0.2) is 44.3 Å². The molecule has 2 rings (SSSR count). The van der Waals surface area contributed by atoms with E-state index in [0.717, 1.165) is 4.31 Å². The number of furan rings is 1. The molecule has 3 N–H and O–H groups in total. The molecule has 1 aromatic heterocycles. The summed E-state index contributed by atoms with van der Waals surface area (Å²) in [6.07, 6.45) is 0. The Morgan fingerprint density at radius 3 is 2.60 bits per heavy atom. The molecule has 20 heavy (non-hydrogen) atoms. The Hall–Kier alpha value is -1.51. The van der Waals surface area contributed by atoms with Crippen molar-refractivity contribution in [2.24, 2.45) is 0 Å². The predicted molar refractivity (Wildman–Crippen MR) is 77.6 cm³/mol. The Morgan fingerprint density at radius 2 is 2.05 bits per heavy atom. The number of nitrogens with two attached hydrogens (primary N) is 1. The Bertz CT molecular complexity index is 727. The Labute approximate surface area is 125 Å². The lowest BCUT2D eigenvalue weighted by Crippen LogP contribution is -2.26. The van der Waals surface area contributed by atoms with Crippen molar-refractivity contribution < 1.29 is 17.9 Å². The van der Waals surface area contributed by atoms with Gasteiger partial charge in [-0.15, -0.1) is 0 Å². The quantitative estimate of drug-likeness (QED) is 0.643. The van der Waals surface area contributed by atoms with Gasteiger partial charge in [0.15, 0.2) is 4.67 Å². The topological polar surface area (TPSA) is 96.8 Å². The van der Waals surface area contributed by atoms with Gasteiger partial charge in [0.2, 0.25) is 10.0 Å². The summed E-state index contributed by atoms with van der Waals surface area (Å²) in [5.41, 5.74) is 5.53. The third-order valence-corrected chi connectivity index (χ3v) is 4.94. The summed E-state index contributed by atoms with van der Waals surface area (Å²) in [4.78, 5) is 0.0147. The molecule has 6 nitrogen and oxygen atoms in total. The number of anilines is 1. The van der Waals surface area contributed by atoms with Gasteiger partial charge in [-0.25, -0.2) is 8.42 Å². The lowest BCUT2D eigenvalue weighted by atomic mass is 10.3. The van der Waals surface area contributed by atoms with Crippen LogP contribution in [0.5, 0.6) is 5.75 Å². The number of hydrogen-bond acceptors (Lipinski definition) is 5. The second-order valence-electron chi connectivity index (χ2n) is 4.19. The minimum atomic E-state index is -3.70. The van der Waals surface area contributed by atoms with E-state index >= 15 is 0 Å². The zero-order valence-corrected chi connectivity index (χ0v) is 13.0. The fraction of sp³-hybridized carbons (Fsp3) is 0.167. The van der Waals surface area contributed by atoms with E-state index in [2.05, 4.69) is 15.9 Å². The zero-order chi connectivity index (χ0) is 14.9. The molecule has 1 aromatic carbocycles. The highest BCUT2D eigenvalue weighted by Crippen LogP contribution is 2.26. The lowest BCUT2D eigenvalue weighted by molar-refractivity contribution is 0.398. The number of phenols is 1. The highest BCUT2D eigenvalue weighted by Gasteiger charge is 2.22. The van der Waals surface area contributed by atoms with Gasteiger partial charge in [0.1, 0.15) is 11.5 Å². The summed E-state index contributed by atoms with van der Waals surface area (Å²) >= 11 is 3.16. The minimum Gasteiger partial charge on any atom is -0.506 e. The van der Waals surface area contributed by atoms with Crippen molar-refractivity contribution in [2.45, 2.75) is 11.4 Å². The zero-order valence-electron chi connectivity index (χ0n) is 10.6. The maximum atomic E-state index is 12.3. The smallest absolute Gasteiger partial charge is 0.243 e. The molecule has 0 radical (unpaired) electrons. The SMILES string of the molecule is CN(Cc1ccc(Br)o1)S(=O)(=O)c1ccc(O)c(N)c1. The Balaban J connectivity index is 2.27. The van der Waals surface area contributed by atoms with Crippen molar-refractivity contribution in [1.82, 2.24) is 4.31 Å². The number of halogens is 1. The first-order chi connectivity index (χ1) is 9.30. The number of nitrogen functional groups attached to an aromatic ring is 1. The third-order valence-electron chi connectivity index (χ3n) is 2.71. The second kappa shape index (κ2) is 5.47. The van der Waals surface area contributed by atoms with Crippen molar-refractivity contribution >= 4 is 31.6 Å². The normalized spacial score (nSPS) is 11.9. The van der Waals surface area contributed by atoms with E-state index in [1.165, 1.54) is 25.2 Å². The van der Waals surface area contributed by atoms with Crippen LogP contribution in [-0.2, 0) is 16.6 Å². The van der Waals surface area contributed by atoms with Crippen molar-refractivity contribution in [3.05, 3.63) is 40.8 Å². The first-order valence-corrected chi connectivity index (χ1v) is 7.83. The summed E-state index contributed by atoms with van der Waals surface area (Å²) in [5.74, 6) is 0.358. The van der Waals surface area contributed by atoms with Crippen LogP contribution in [-0.4, -0.2) is 24.9 Å². The summed E-state index contributed by atoms with van der Waals surface area (Å²) in [7, 11) is -2.26. The van der Waals surface area contributed by atoms with Crippen LogP contribution in [0, 0.1) is 0 Å². The van der Waals surface area contributed by atoms with Crippen molar-refractivity contribution in [2.75, 3.05) is 12.8 Å². The van der Waals surface area contributed by atoms with Crippen LogP contribution < -0.4 is 5.73 Å².